The van der Waals surface area contributed by atoms with Gasteiger partial charge in [0.25, 0.3) is 5.91 Å². The van der Waals surface area contributed by atoms with E-state index < -0.39 is 0 Å². The Bertz CT molecular complexity index is 1260. The van der Waals surface area contributed by atoms with E-state index in [4.69, 9.17) is 5.10 Å². The number of hydrogen-bond donors (Lipinski definition) is 1. The van der Waals surface area contributed by atoms with E-state index in [-0.39, 0.29) is 5.91 Å². The Morgan fingerprint density at radius 2 is 1.72 bits per heavy atom. The number of aromatic nitrogens is 3. The molecule has 0 saturated heterocycles. The van der Waals surface area contributed by atoms with Crippen LogP contribution in [0.4, 0.5) is 0 Å². The molecule has 1 N–H and O–H groups in total. The van der Waals surface area contributed by atoms with Crippen molar-refractivity contribution in [3.8, 4) is 16.9 Å². The molecule has 0 bridgehead atoms. The summed E-state index contributed by atoms with van der Waals surface area (Å²) in [6, 6.07) is 20.1. The van der Waals surface area contributed by atoms with Gasteiger partial charge in [-0.2, -0.15) is 5.10 Å². The summed E-state index contributed by atoms with van der Waals surface area (Å²) in [6.07, 6.45) is 2.44. The zero-order chi connectivity index (χ0) is 22.7. The fraction of sp³-hybridized carbons (Fsp3) is 0.222. The van der Waals surface area contributed by atoms with Crippen LogP contribution in [0.15, 0.2) is 66.9 Å². The minimum Gasteiger partial charge on any atom is -0.350 e. The molecule has 0 atom stereocenters. The van der Waals surface area contributed by atoms with Crippen LogP contribution in [0.2, 0.25) is 0 Å². The molecule has 2 aromatic heterocycles. The maximum atomic E-state index is 13.2. The van der Waals surface area contributed by atoms with Crippen molar-refractivity contribution in [3.05, 3.63) is 101 Å². The summed E-state index contributed by atoms with van der Waals surface area (Å²) in [5, 5.41) is 7.89. The summed E-state index contributed by atoms with van der Waals surface area (Å²) in [4.78, 5) is 17.5. The lowest BCUT2D eigenvalue weighted by atomic mass is 10.0. The van der Waals surface area contributed by atoms with Gasteiger partial charge in [-0.3, -0.25) is 9.78 Å². The quantitative estimate of drug-likeness (QED) is 0.466. The number of rotatable bonds is 6. The first-order chi connectivity index (χ1) is 15.4. The van der Waals surface area contributed by atoms with Crippen LogP contribution in [0.5, 0.6) is 0 Å². The lowest BCUT2D eigenvalue weighted by molar-refractivity contribution is 0.0946. The van der Waals surface area contributed by atoms with Crippen molar-refractivity contribution in [2.24, 2.45) is 0 Å². The molecule has 4 aromatic rings. The second-order valence-corrected chi connectivity index (χ2v) is 8.24. The van der Waals surface area contributed by atoms with Crippen molar-refractivity contribution in [3.63, 3.8) is 0 Å². The standard InChI is InChI=1S/C27H28N4O/c1-18-8-9-20(3)25(15-18)31-26(27(32)29-14-12-23-7-5-6-13-28-23)17-24(30-31)22-11-10-19(2)21(4)16-22/h5-11,13,15-17H,12,14H2,1-4H3,(H,29,32). The van der Waals surface area contributed by atoms with Gasteiger partial charge in [0.05, 0.1) is 11.4 Å². The van der Waals surface area contributed by atoms with Crippen molar-refractivity contribution >= 4 is 5.91 Å². The molecule has 0 aliphatic rings. The largest absolute Gasteiger partial charge is 0.350 e. The molecule has 2 heterocycles. The molecule has 0 aliphatic heterocycles. The highest BCUT2D eigenvalue weighted by Crippen LogP contribution is 2.25. The molecule has 1 amide bonds. The maximum absolute atomic E-state index is 13.2. The van der Waals surface area contributed by atoms with Crippen LogP contribution >= 0.6 is 0 Å². The summed E-state index contributed by atoms with van der Waals surface area (Å²) in [5.74, 6) is -0.149. The van der Waals surface area contributed by atoms with Gasteiger partial charge in [-0.15, -0.1) is 0 Å². The molecule has 5 nitrogen and oxygen atoms in total. The summed E-state index contributed by atoms with van der Waals surface area (Å²) in [6.45, 7) is 8.77. The predicted molar refractivity (Wildman–Crippen MR) is 128 cm³/mol. The van der Waals surface area contributed by atoms with Gasteiger partial charge in [0.15, 0.2) is 0 Å². The highest BCUT2D eigenvalue weighted by Gasteiger charge is 2.19. The summed E-state index contributed by atoms with van der Waals surface area (Å²) >= 11 is 0. The molecular weight excluding hydrogens is 396 g/mol. The van der Waals surface area contributed by atoms with Gasteiger partial charge in [-0.05, 0) is 80.3 Å². The topological polar surface area (TPSA) is 59.8 Å². The number of nitrogens with zero attached hydrogens (tertiary/aromatic N) is 3. The van der Waals surface area contributed by atoms with Crippen LogP contribution < -0.4 is 5.32 Å². The van der Waals surface area contributed by atoms with Crippen LogP contribution in [0.1, 0.15) is 38.4 Å². The Morgan fingerprint density at radius 3 is 2.47 bits per heavy atom. The first-order valence-corrected chi connectivity index (χ1v) is 10.9. The Hall–Kier alpha value is -3.73. The Balaban J connectivity index is 1.68. The van der Waals surface area contributed by atoms with Crippen molar-refractivity contribution in [1.82, 2.24) is 20.1 Å². The van der Waals surface area contributed by atoms with E-state index in [9.17, 15) is 4.79 Å². The average molecular weight is 425 g/mol. The Labute approximate surface area is 189 Å². The molecule has 4 rings (SSSR count). The molecule has 32 heavy (non-hydrogen) atoms. The monoisotopic (exact) mass is 424 g/mol. The summed E-state index contributed by atoms with van der Waals surface area (Å²) in [7, 11) is 0. The average Bonchev–Trinajstić information content (AvgIpc) is 3.23. The molecule has 0 saturated carbocycles. The van der Waals surface area contributed by atoms with Crippen LogP contribution in [0, 0.1) is 27.7 Å². The molecular formula is C27H28N4O. The number of carbonyl (C=O) groups is 1. The first kappa shape index (κ1) is 21.5. The summed E-state index contributed by atoms with van der Waals surface area (Å²) < 4.78 is 1.77. The van der Waals surface area contributed by atoms with Crippen molar-refractivity contribution < 1.29 is 4.79 Å². The maximum Gasteiger partial charge on any atom is 0.270 e. The van der Waals surface area contributed by atoms with Gasteiger partial charge in [0.2, 0.25) is 0 Å². The molecule has 0 unspecified atom stereocenters. The van der Waals surface area contributed by atoms with Gasteiger partial charge in [0.1, 0.15) is 5.69 Å². The molecule has 0 spiro atoms. The SMILES string of the molecule is Cc1ccc(C)c(-n2nc(-c3ccc(C)c(C)c3)cc2C(=O)NCCc2ccccn2)c1. The van der Waals surface area contributed by atoms with E-state index in [1.54, 1.807) is 10.9 Å². The minimum atomic E-state index is -0.149. The van der Waals surface area contributed by atoms with Crippen molar-refractivity contribution in [2.75, 3.05) is 6.54 Å². The fourth-order valence-electron chi connectivity index (χ4n) is 3.66. The first-order valence-electron chi connectivity index (χ1n) is 10.9. The van der Waals surface area contributed by atoms with Gasteiger partial charge in [-0.1, -0.05) is 30.3 Å². The van der Waals surface area contributed by atoms with Gasteiger partial charge < -0.3 is 5.32 Å². The third-order valence-electron chi connectivity index (χ3n) is 5.73. The van der Waals surface area contributed by atoms with Crippen LogP contribution in [0.25, 0.3) is 16.9 Å². The number of benzene rings is 2. The zero-order valence-corrected chi connectivity index (χ0v) is 19.0. The van der Waals surface area contributed by atoms with E-state index in [1.165, 1.54) is 11.1 Å². The molecule has 162 valence electrons. The molecule has 5 heteroatoms. The minimum absolute atomic E-state index is 0.149. The van der Waals surface area contributed by atoms with E-state index >= 15 is 0 Å². The van der Waals surface area contributed by atoms with Crippen LogP contribution in [-0.4, -0.2) is 27.2 Å². The third kappa shape index (κ3) is 4.62. The number of amides is 1. The Kier molecular flexibility index (Phi) is 6.17. The number of hydrogen-bond acceptors (Lipinski definition) is 3. The van der Waals surface area contributed by atoms with Crippen molar-refractivity contribution in [2.45, 2.75) is 34.1 Å². The van der Waals surface area contributed by atoms with Crippen LogP contribution in [0.3, 0.4) is 0 Å². The molecule has 0 aliphatic carbocycles. The normalized spacial score (nSPS) is 10.9. The van der Waals surface area contributed by atoms with Crippen LogP contribution in [-0.2, 0) is 6.42 Å². The lowest BCUT2D eigenvalue weighted by Gasteiger charge is -2.11. The zero-order valence-electron chi connectivity index (χ0n) is 19.0. The second-order valence-electron chi connectivity index (χ2n) is 8.24. The highest BCUT2D eigenvalue weighted by atomic mass is 16.2. The highest BCUT2D eigenvalue weighted by molar-refractivity contribution is 5.94. The van der Waals surface area contributed by atoms with E-state index in [0.29, 0.717) is 18.7 Å². The smallest absolute Gasteiger partial charge is 0.270 e. The van der Waals surface area contributed by atoms with E-state index in [1.807, 2.05) is 38.1 Å². The lowest BCUT2D eigenvalue weighted by Crippen LogP contribution is -2.28. The third-order valence-corrected chi connectivity index (χ3v) is 5.73. The van der Waals surface area contributed by atoms with Gasteiger partial charge in [0, 0.05) is 30.4 Å². The van der Waals surface area contributed by atoms with Crippen molar-refractivity contribution in [1.29, 1.82) is 0 Å². The summed E-state index contributed by atoms with van der Waals surface area (Å²) in [5.41, 5.74) is 8.78. The number of carbonyl (C=O) groups excluding carboxylic acids is 1. The van der Waals surface area contributed by atoms with Gasteiger partial charge >= 0.3 is 0 Å². The van der Waals surface area contributed by atoms with E-state index in [0.717, 1.165) is 33.8 Å². The number of nitrogens with one attached hydrogen (secondary N) is 1. The van der Waals surface area contributed by atoms with E-state index in [2.05, 4.69) is 60.5 Å². The molecule has 0 fully saturated rings. The fourth-order valence-corrected chi connectivity index (χ4v) is 3.66. The molecule has 0 radical (unpaired) electrons. The second kappa shape index (κ2) is 9.18. The predicted octanol–water partition coefficient (Wildman–Crippen LogP) is 5.14. The van der Waals surface area contributed by atoms with Gasteiger partial charge in [-0.25, -0.2) is 4.68 Å². The Morgan fingerprint density at radius 1 is 0.906 bits per heavy atom. The number of aryl methyl sites for hydroxylation is 4. The molecule has 2 aromatic carbocycles. The number of pyridine rings is 1.